The summed E-state index contributed by atoms with van der Waals surface area (Å²) in [6.45, 7) is 2.90. The van der Waals surface area contributed by atoms with Gasteiger partial charge in [-0.2, -0.15) is 4.31 Å². The van der Waals surface area contributed by atoms with Crippen molar-refractivity contribution in [3.8, 4) is 5.75 Å². The molecule has 0 bridgehead atoms. The van der Waals surface area contributed by atoms with Crippen LogP contribution in [0.3, 0.4) is 0 Å². The highest BCUT2D eigenvalue weighted by Gasteiger charge is 2.30. The molecule has 7 nitrogen and oxygen atoms in total. The van der Waals surface area contributed by atoms with Gasteiger partial charge in [-0.15, -0.1) is 0 Å². The lowest BCUT2D eigenvalue weighted by molar-refractivity contribution is 0.0729. The van der Waals surface area contributed by atoms with Crippen LogP contribution in [-0.2, 0) is 14.8 Å². The number of carbonyl (C=O) groups excluding carboxylic acids is 1. The molecule has 2 aromatic carbocycles. The zero-order chi connectivity index (χ0) is 21.0. The maximum atomic E-state index is 13.9. The minimum Gasteiger partial charge on any atom is -0.492 e. The number of morpholine rings is 1. The lowest BCUT2D eigenvalue weighted by atomic mass is 10.2. The highest BCUT2D eigenvalue weighted by atomic mass is 32.2. The van der Waals surface area contributed by atoms with Crippen molar-refractivity contribution < 1.29 is 31.5 Å². The number of hydrogen-bond donors (Lipinski definition) is 1. The molecule has 0 radical (unpaired) electrons. The largest absolute Gasteiger partial charge is 0.492 e. The molecular formula is C19H20F2N2O5S. The van der Waals surface area contributed by atoms with Crippen molar-refractivity contribution in [1.29, 1.82) is 0 Å². The van der Waals surface area contributed by atoms with E-state index in [1.807, 2.05) is 0 Å². The van der Waals surface area contributed by atoms with E-state index in [0.29, 0.717) is 0 Å². The van der Waals surface area contributed by atoms with E-state index < -0.39 is 33.1 Å². The third-order valence-corrected chi connectivity index (χ3v) is 6.21. The maximum absolute atomic E-state index is 13.9. The van der Waals surface area contributed by atoms with Crippen LogP contribution in [-0.4, -0.2) is 51.5 Å². The fourth-order valence-electron chi connectivity index (χ4n) is 2.87. The Balaban J connectivity index is 1.94. The molecule has 1 N–H and O–H groups in total. The van der Waals surface area contributed by atoms with Crippen LogP contribution >= 0.6 is 0 Å². The van der Waals surface area contributed by atoms with E-state index in [0.717, 1.165) is 12.1 Å². The smallest absolute Gasteiger partial charge is 0.258 e. The van der Waals surface area contributed by atoms with Crippen LogP contribution in [0.4, 0.5) is 14.5 Å². The predicted octanol–water partition coefficient (Wildman–Crippen LogP) is 2.64. The second-order valence-electron chi connectivity index (χ2n) is 6.17. The molecule has 3 rings (SSSR count). The van der Waals surface area contributed by atoms with Gasteiger partial charge in [0.2, 0.25) is 10.0 Å². The number of sulfonamides is 1. The molecule has 1 aliphatic heterocycles. The zero-order valence-electron chi connectivity index (χ0n) is 15.7. The Morgan fingerprint density at radius 2 is 1.93 bits per heavy atom. The summed E-state index contributed by atoms with van der Waals surface area (Å²) in [5.41, 5.74) is -0.384. The van der Waals surface area contributed by atoms with Crippen LogP contribution in [0.5, 0.6) is 5.75 Å². The molecule has 156 valence electrons. The van der Waals surface area contributed by atoms with Gasteiger partial charge in [0.05, 0.1) is 25.4 Å². The van der Waals surface area contributed by atoms with Gasteiger partial charge >= 0.3 is 0 Å². The number of carbonyl (C=O) groups is 1. The number of ether oxygens (including phenoxy) is 2. The summed E-state index contributed by atoms with van der Waals surface area (Å²) in [5.74, 6) is -3.20. The second-order valence-corrected chi connectivity index (χ2v) is 8.07. The molecule has 1 heterocycles. The van der Waals surface area contributed by atoms with E-state index >= 15 is 0 Å². The van der Waals surface area contributed by atoms with E-state index in [4.69, 9.17) is 9.47 Å². The average Bonchev–Trinajstić information content (AvgIpc) is 2.72. The first kappa shape index (κ1) is 21.2. The number of nitrogens with one attached hydrogen (secondary N) is 1. The van der Waals surface area contributed by atoms with Crippen LogP contribution in [0.2, 0.25) is 0 Å². The van der Waals surface area contributed by atoms with Crippen molar-refractivity contribution in [2.75, 3.05) is 38.2 Å². The summed E-state index contributed by atoms with van der Waals surface area (Å²) in [6.07, 6.45) is 0. The van der Waals surface area contributed by atoms with E-state index in [1.165, 1.54) is 28.6 Å². The molecule has 0 spiro atoms. The highest BCUT2D eigenvalue weighted by Crippen LogP contribution is 2.31. The number of halogens is 2. The van der Waals surface area contributed by atoms with Crippen LogP contribution in [0.25, 0.3) is 0 Å². The summed E-state index contributed by atoms with van der Waals surface area (Å²) in [7, 11) is -3.91. The average molecular weight is 426 g/mol. The monoisotopic (exact) mass is 426 g/mol. The molecule has 1 aliphatic rings. The molecule has 0 unspecified atom stereocenters. The van der Waals surface area contributed by atoms with E-state index in [2.05, 4.69) is 5.32 Å². The van der Waals surface area contributed by atoms with Gasteiger partial charge in [-0.25, -0.2) is 17.2 Å². The number of rotatable bonds is 6. The fraction of sp³-hybridized carbons (Fsp3) is 0.316. The Morgan fingerprint density at radius 1 is 1.21 bits per heavy atom. The van der Waals surface area contributed by atoms with Crippen molar-refractivity contribution in [1.82, 2.24) is 4.31 Å². The summed E-state index contributed by atoms with van der Waals surface area (Å²) in [6, 6.07) is 7.32. The molecule has 1 saturated heterocycles. The third-order valence-electron chi connectivity index (χ3n) is 4.29. The predicted molar refractivity (Wildman–Crippen MR) is 102 cm³/mol. The Morgan fingerprint density at radius 3 is 2.62 bits per heavy atom. The number of benzene rings is 2. The first-order valence-electron chi connectivity index (χ1n) is 8.94. The molecule has 0 saturated carbocycles. The first-order chi connectivity index (χ1) is 13.8. The Labute approximate surface area is 167 Å². The molecule has 0 aromatic heterocycles. The summed E-state index contributed by atoms with van der Waals surface area (Å²) in [4.78, 5) is 12.2. The molecule has 0 aliphatic carbocycles. The summed E-state index contributed by atoms with van der Waals surface area (Å²) >= 11 is 0. The van der Waals surface area contributed by atoms with Crippen LogP contribution in [0, 0.1) is 11.6 Å². The zero-order valence-corrected chi connectivity index (χ0v) is 16.5. The molecule has 1 fully saturated rings. The van der Waals surface area contributed by atoms with E-state index in [-0.39, 0.29) is 49.2 Å². The Hall–Kier alpha value is -2.56. The highest BCUT2D eigenvalue weighted by molar-refractivity contribution is 7.89. The Kier molecular flexibility index (Phi) is 6.46. The van der Waals surface area contributed by atoms with Gasteiger partial charge in [0, 0.05) is 18.8 Å². The normalized spacial score (nSPS) is 15.1. The van der Waals surface area contributed by atoms with Gasteiger partial charge in [0.15, 0.2) is 11.6 Å². The second kappa shape index (κ2) is 8.85. The van der Waals surface area contributed by atoms with Crippen LogP contribution in [0.1, 0.15) is 17.3 Å². The number of nitrogens with zero attached hydrogens (tertiary/aromatic N) is 1. The van der Waals surface area contributed by atoms with Gasteiger partial charge in [0.1, 0.15) is 10.6 Å². The van der Waals surface area contributed by atoms with Crippen molar-refractivity contribution in [3.63, 3.8) is 0 Å². The van der Waals surface area contributed by atoms with Crippen LogP contribution < -0.4 is 10.1 Å². The molecule has 0 atom stereocenters. The molecule has 2 aromatic rings. The number of anilines is 1. The number of amides is 1. The fourth-order valence-corrected chi connectivity index (χ4v) is 4.43. The van der Waals surface area contributed by atoms with Gasteiger partial charge in [-0.3, -0.25) is 4.79 Å². The number of hydrogen-bond acceptors (Lipinski definition) is 5. The van der Waals surface area contributed by atoms with Crippen LogP contribution in [0.15, 0.2) is 41.3 Å². The SMILES string of the molecule is CCOc1ccc(NC(=O)c2cccc(F)c2F)cc1S(=O)(=O)N1CCOCC1. The van der Waals surface area contributed by atoms with Gasteiger partial charge < -0.3 is 14.8 Å². The summed E-state index contributed by atoms with van der Waals surface area (Å²) < 4.78 is 65.3. The van der Waals surface area contributed by atoms with Gasteiger partial charge in [-0.05, 0) is 37.3 Å². The minimum atomic E-state index is -3.91. The van der Waals surface area contributed by atoms with Crippen molar-refractivity contribution in [3.05, 3.63) is 53.6 Å². The molecule has 29 heavy (non-hydrogen) atoms. The topological polar surface area (TPSA) is 84.9 Å². The maximum Gasteiger partial charge on any atom is 0.258 e. The Bertz CT molecular complexity index is 1010. The lowest BCUT2D eigenvalue weighted by Crippen LogP contribution is -2.40. The minimum absolute atomic E-state index is 0.106. The quantitative estimate of drug-likeness (QED) is 0.768. The van der Waals surface area contributed by atoms with E-state index in [1.54, 1.807) is 6.92 Å². The molecule has 1 amide bonds. The first-order valence-corrected chi connectivity index (χ1v) is 10.4. The van der Waals surface area contributed by atoms with Crippen molar-refractivity contribution in [2.24, 2.45) is 0 Å². The van der Waals surface area contributed by atoms with Gasteiger partial charge in [0.25, 0.3) is 5.91 Å². The standard InChI is InChI=1S/C19H20F2N2O5S/c1-2-28-16-7-6-13(22-19(24)14-4-3-5-15(20)18(14)21)12-17(16)29(25,26)23-8-10-27-11-9-23/h3-7,12H,2,8-11H2,1H3,(H,22,24). The third kappa shape index (κ3) is 4.55. The van der Waals surface area contributed by atoms with E-state index in [9.17, 15) is 22.0 Å². The molecule has 10 heteroatoms. The molecular weight excluding hydrogens is 406 g/mol. The summed E-state index contributed by atoms with van der Waals surface area (Å²) in [5, 5.41) is 2.40. The van der Waals surface area contributed by atoms with Gasteiger partial charge in [-0.1, -0.05) is 6.07 Å². The van der Waals surface area contributed by atoms with Crippen molar-refractivity contribution in [2.45, 2.75) is 11.8 Å². The van der Waals surface area contributed by atoms with Crippen molar-refractivity contribution >= 4 is 21.6 Å². The lowest BCUT2D eigenvalue weighted by Gasteiger charge is -2.27.